The molecule has 1 fully saturated rings. The number of ether oxygens (including phenoxy) is 1. The Morgan fingerprint density at radius 2 is 1.80 bits per heavy atom. The van der Waals surface area contributed by atoms with E-state index in [1.54, 1.807) is 6.07 Å². The van der Waals surface area contributed by atoms with Crippen LogP contribution < -0.4 is 10.2 Å². The minimum Gasteiger partial charge on any atom is -0.451 e. The van der Waals surface area contributed by atoms with E-state index in [-0.39, 0.29) is 11.8 Å². The maximum Gasteiger partial charge on any atom is 0.324 e. The number of morpholine rings is 1. The zero-order chi connectivity index (χ0) is 27.9. The molecule has 2 aliphatic heterocycles. The Labute approximate surface area is 233 Å². The van der Waals surface area contributed by atoms with E-state index in [0.29, 0.717) is 48.9 Å². The first-order valence-electron chi connectivity index (χ1n) is 13.2. The molecule has 40 heavy (non-hydrogen) atoms. The first-order chi connectivity index (χ1) is 19.3. The molecule has 5 heterocycles. The van der Waals surface area contributed by atoms with E-state index >= 15 is 0 Å². The number of nitrogens with zero attached hydrogens (tertiary/aromatic N) is 7. The molecule has 1 saturated heterocycles. The summed E-state index contributed by atoms with van der Waals surface area (Å²) in [6, 6.07) is 13.0. The van der Waals surface area contributed by atoms with Crippen LogP contribution in [0.1, 0.15) is 12.2 Å². The maximum absolute atomic E-state index is 13.2. The molecule has 0 atom stereocenters. The van der Waals surface area contributed by atoms with Gasteiger partial charge in [-0.3, -0.25) is 0 Å². The lowest BCUT2D eigenvalue weighted by atomic mass is 10.1. The number of aromatic nitrogens is 4. The lowest BCUT2D eigenvalue weighted by Crippen LogP contribution is -2.37. The molecule has 6 rings (SSSR count). The number of benzene rings is 1. The Kier molecular flexibility index (Phi) is 7.04. The van der Waals surface area contributed by atoms with Crippen LogP contribution in [0.3, 0.4) is 0 Å². The van der Waals surface area contributed by atoms with E-state index in [1.807, 2.05) is 36.4 Å². The summed E-state index contributed by atoms with van der Waals surface area (Å²) in [4.78, 5) is 13.9. The molecule has 0 amide bonds. The van der Waals surface area contributed by atoms with Crippen LogP contribution >= 0.6 is 0 Å². The largest absolute Gasteiger partial charge is 0.451 e. The van der Waals surface area contributed by atoms with Crippen LogP contribution in [0.15, 0.2) is 53.0 Å². The van der Waals surface area contributed by atoms with Crippen LogP contribution in [0.5, 0.6) is 0 Å². The average Bonchev–Trinajstić information content (AvgIpc) is 3.59. The first-order valence-corrected chi connectivity index (χ1v) is 14.6. The van der Waals surface area contributed by atoms with Gasteiger partial charge in [-0.15, -0.1) is 4.09 Å². The van der Waals surface area contributed by atoms with Crippen LogP contribution in [0.2, 0.25) is 0 Å². The first kappa shape index (κ1) is 26.4. The molecule has 12 nitrogen and oxygen atoms in total. The summed E-state index contributed by atoms with van der Waals surface area (Å²) in [6.07, 6.45) is 3.15. The molecule has 0 spiro atoms. The van der Waals surface area contributed by atoms with Crippen LogP contribution in [0.4, 0.5) is 17.6 Å². The summed E-state index contributed by atoms with van der Waals surface area (Å²) in [5.74, 6) is 1.86. The molecule has 2 aliphatic rings. The number of anilines is 3. The molecular formula is C27H32N8O4S. The summed E-state index contributed by atoms with van der Waals surface area (Å²) in [5.41, 5.74) is 3.62. The highest BCUT2D eigenvalue weighted by Crippen LogP contribution is 2.34. The SMILES string of the molecule is CN1CCC=C(c2cc3nc(Nc4cc(-c5ccccc5)nn4S(=O)(=O)N(C)C)nc(N4CCOCC4)c3o2)C1. The van der Waals surface area contributed by atoms with Gasteiger partial charge in [-0.05, 0) is 13.5 Å². The minimum atomic E-state index is -3.94. The minimum absolute atomic E-state index is 0.222. The lowest BCUT2D eigenvalue weighted by Gasteiger charge is -2.27. The zero-order valence-electron chi connectivity index (χ0n) is 22.7. The molecule has 210 valence electrons. The average molecular weight is 565 g/mol. The van der Waals surface area contributed by atoms with E-state index in [0.717, 1.165) is 44.8 Å². The van der Waals surface area contributed by atoms with Crippen molar-refractivity contribution in [2.75, 3.05) is 70.8 Å². The van der Waals surface area contributed by atoms with Crippen LogP contribution in [0.25, 0.3) is 27.9 Å². The third-order valence-corrected chi connectivity index (χ3v) is 8.63. The van der Waals surface area contributed by atoms with Crippen molar-refractivity contribution in [2.45, 2.75) is 6.42 Å². The van der Waals surface area contributed by atoms with Gasteiger partial charge < -0.3 is 24.3 Å². The molecule has 0 aliphatic carbocycles. The van der Waals surface area contributed by atoms with Gasteiger partial charge >= 0.3 is 10.2 Å². The summed E-state index contributed by atoms with van der Waals surface area (Å²) in [5, 5.41) is 7.57. The van der Waals surface area contributed by atoms with Crippen molar-refractivity contribution in [3.63, 3.8) is 0 Å². The zero-order valence-corrected chi connectivity index (χ0v) is 23.6. The Bertz CT molecular complexity index is 1660. The van der Waals surface area contributed by atoms with Crippen molar-refractivity contribution in [1.82, 2.24) is 28.4 Å². The van der Waals surface area contributed by atoms with Gasteiger partial charge in [0.2, 0.25) is 5.95 Å². The van der Waals surface area contributed by atoms with Crippen LogP contribution in [0, 0.1) is 0 Å². The normalized spacial score (nSPS) is 17.0. The van der Waals surface area contributed by atoms with Crippen molar-refractivity contribution >= 4 is 44.5 Å². The van der Waals surface area contributed by atoms with Gasteiger partial charge in [0.25, 0.3) is 0 Å². The van der Waals surface area contributed by atoms with Crippen molar-refractivity contribution in [2.24, 2.45) is 0 Å². The highest BCUT2D eigenvalue weighted by Gasteiger charge is 2.26. The van der Waals surface area contributed by atoms with Crippen LogP contribution in [-0.2, 0) is 14.9 Å². The second-order valence-electron chi connectivity index (χ2n) is 10.1. The number of rotatable bonds is 7. The smallest absolute Gasteiger partial charge is 0.324 e. The summed E-state index contributed by atoms with van der Waals surface area (Å²) in [7, 11) is 1.08. The monoisotopic (exact) mass is 564 g/mol. The Morgan fingerprint density at radius 1 is 1.02 bits per heavy atom. The second-order valence-corrected chi connectivity index (χ2v) is 12.1. The number of nitrogens with one attached hydrogen (secondary N) is 1. The highest BCUT2D eigenvalue weighted by atomic mass is 32.2. The van der Waals surface area contributed by atoms with Gasteiger partial charge in [0.1, 0.15) is 17.1 Å². The van der Waals surface area contributed by atoms with E-state index in [4.69, 9.17) is 19.1 Å². The van der Waals surface area contributed by atoms with Crippen molar-refractivity contribution in [3.8, 4) is 11.3 Å². The third kappa shape index (κ3) is 5.08. The highest BCUT2D eigenvalue weighted by molar-refractivity contribution is 7.87. The summed E-state index contributed by atoms with van der Waals surface area (Å²) >= 11 is 0. The molecule has 13 heteroatoms. The Balaban J connectivity index is 1.45. The number of hydrogen-bond acceptors (Lipinski definition) is 10. The maximum atomic E-state index is 13.2. The summed E-state index contributed by atoms with van der Waals surface area (Å²) < 4.78 is 40.4. The molecule has 0 radical (unpaired) electrons. The standard InChI is InChI=1S/C27H32N8O4S/c1-32(2)40(36,37)35-24(17-21(31-35)19-8-5-4-6-9-19)29-27-28-22-16-23(20-10-7-11-33(3)18-20)39-25(22)26(30-27)34-12-14-38-15-13-34/h4-6,8-10,16-17H,7,11-15,18H2,1-3H3,(H,28,29,30). The van der Waals surface area contributed by atoms with Crippen molar-refractivity contribution < 1.29 is 17.6 Å². The quantitative estimate of drug-likeness (QED) is 0.358. The van der Waals surface area contributed by atoms with E-state index in [1.165, 1.54) is 14.1 Å². The molecule has 0 saturated carbocycles. The predicted octanol–water partition coefficient (Wildman–Crippen LogP) is 3.04. The van der Waals surface area contributed by atoms with Gasteiger partial charge in [-0.25, -0.2) is 4.98 Å². The molecular weight excluding hydrogens is 532 g/mol. The number of hydrogen-bond donors (Lipinski definition) is 1. The van der Waals surface area contributed by atoms with Crippen LogP contribution in [-0.4, -0.2) is 97.3 Å². The van der Waals surface area contributed by atoms with E-state index in [9.17, 15) is 8.42 Å². The molecule has 3 aromatic heterocycles. The van der Waals surface area contributed by atoms with Gasteiger partial charge in [0, 0.05) is 63.5 Å². The fraction of sp³-hybridized carbons (Fsp3) is 0.370. The summed E-state index contributed by atoms with van der Waals surface area (Å²) in [6.45, 7) is 4.24. The molecule has 0 unspecified atom stereocenters. The Morgan fingerprint density at radius 3 is 2.52 bits per heavy atom. The molecule has 4 aromatic rings. The number of fused-ring (bicyclic) bond motifs is 1. The Hall–Kier alpha value is -3.78. The van der Waals surface area contributed by atoms with E-state index < -0.39 is 10.2 Å². The molecule has 1 aromatic carbocycles. The van der Waals surface area contributed by atoms with Gasteiger partial charge in [-0.1, -0.05) is 36.4 Å². The van der Waals surface area contributed by atoms with Gasteiger partial charge in [0.05, 0.1) is 18.9 Å². The fourth-order valence-corrected chi connectivity index (χ4v) is 5.68. The van der Waals surface area contributed by atoms with Gasteiger partial charge in [0.15, 0.2) is 11.4 Å². The lowest BCUT2D eigenvalue weighted by molar-refractivity contribution is 0.122. The fourth-order valence-electron chi connectivity index (χ4n) is 4.83. The van der Waals surface area contributed by atoms with Crippen molar-refractivity contribution in [3.05, 3.63) is 54.3 Å². The molecule has 1 N–H and O–H groups in total. The molecule has 0 bridgehead atoms. The second kappa shape index (κ2) is 10.7. The van der Waals surface area contributed by atoms with E-state index in [2.05, 4.69) is 33.3 Å². The number of likely N-dealkylation sites (N-methyl/N-ethyl adjacent to an activating group) is 1. The topological polar surface area (TPSA) is 122 Å². The number of furan rings is 1. The predicted molar refractivity (Wildman–Crippen MR) is 154 cm³/mol. The third-order valence-electron chi connectivity index (χ3n) is 6.99. The van der Waals surface area contributed by atoms with Gasteiger partial charge in [-0.2, -0.15) is 22.8 Å². The van der Waals surface area contributed by atoms with Crippen molar-refractivity contribution in [1.29, 1.82) is 0 Å².